The average molecular weight is 371 g/mol. The van der Waals surface area contributed by atoms with E-state index in [0.717, 1.165) is 24.2 Å². The molecule has 4 rings (SSSR count). The zero-order chi connectivity index (χ0) is 16.9. The van der Waals surface area contributed by atoms with Crippen molar-refractivity contribution >= 4 is 21.4 Å². The minimum atomic E-state index is -3.74. The number of methoxy groups -OCH3 is 1. The number of hydrogen-bond acceptors (Lipinski definition) is 8. The summed E-state index contributed by atoms with van der Waals surface area (Å²) in [7, 11) is -2.31. The SMILES string of the molecule is COc1ccsc1S(=O)(=O)N1CC[C@](O)(c2nc(C3CC3)no2)C1. The van der Waals surface area contributed by atoms with E-state index in [1.165, 1.54) is 11.4 Å². The second-order valence-electron chi connectivity index (χ2n) is 6.13. The van der Waals surface area contributed by atoms with Crippen molar-refractivity contribution < 1.29 is 22.8 Å². The zero-order valence-corrected chi connectivity index (χ0v) is 14.6. The number of thiophene rings is 1. The molecule has 0 unspecified atom stereocenters. The molecular formula is C14H17N3O5S2. The highest BCUT2D eigenvalue weighted by molar-refractivity contribution is 7.91. The van der Waals surface area contributed by atoms with E-state index in [1.807, 2.05) is 0 Å². The molecule has 0 aromatic carbocycles. The lowest BCUT2D eigenvalue weighted by Gasteiger charge is -2.19. The van der Waals surface area contributed by atoms with E-state index < -0.39 is 15.6 Å². The Morgan fingerprint density at radius 3 is 3.00 bits per heavy atom. The lowest BCUT2D eigenvalue weighted by molar-refractivity contribution is 0.0194. The molecule has 3 heterocycles. The Kier molecular flexibility index (Phi) is 3.68. The fourth-order valence-electron chi connectivity index (χ4n) is 2.81. The summed E-state index contributed by atoms with van der Waals surface area (Å²) in [5.41, 5.74) is -1.45. The van der Waals surface area contributed by atoms with Crippen LogP contribution in [-0.4, -0.2) is 48.2 Å². The Hall–Kier alpha value is -1.49. The second-order valence-corrected chi connectivity index (χ2v) is 9.18. The molecule has 2 aromatic rings. The van der Waals surface area contributed by atoms with Gasteiger partial charge in [-0.3, -0.25) is 0 Å². The maximum Gasteiger partial charge on any atom is 0.260 e. The van der Waals surface area contributed by atoms with Crippen LogP contribution < -0.4 is 4.74 Å². The third-order valence-corrected chi connectivity index (χ3v) is 7.65. The standard InChI is InChI=1S/C14H17N3O5S2/c1-21-10-4-7-23-12(10)24(19,20)17-6-5-14(18,8-17)13-15-11(16-22-13)9-2-3-9/h4,7,9,18H,2-3,5-6,8H2,1H3/t14-/m1/s1. The van der Waals surface area contributed by atoms with E-state index in [0.29, 0.717) is 17.5 Å². The van der Waals surface area contributed by atoms with Crippen LogP contribution in [-0.2, 0) is 15.6 Å². The van der Waals surface area contributed by atoms with Gasteiger partial charge in [-0.1, -0.05) is 5.16 Å². The van der Waals surface area contributed by atoms with Gasteiger partial charge in [0.25, 0.3) is 15.9 Å². The number of nitrogens with zero attached hydrogens (tertiary/aromatic N) is 3. The van der Waals surface area contributed by atoms with Crippen LogP contribution >= 0.6 is 11.3 Å². The van der Waals surface area contributed by atoms with Gasteiger partial charge < -0.3 is 14.4 Å². The summed E-state index contributed by atoms with van der Waals surface area (Å²) in [6.45, 7) is 0.0731. The lowest BCUT2D eigenvalue weighted by Crippen LogP contribution is -2.34. The predicted octanol–water partition coefficient (Wildman–Crippen LogP) is 1.30. The molecule has 0 amide bonds. The number of sulfonamides is 1. The van der Waals surface area contributed by atoms with Crippen molar-refractivity contribution in [3.05, 3.63) is 23.2 Å². The molecule has 2 fully saturated rings. The van der Waals surface area contributed by atoms with Crippen LogP contribution in [0.3, 0.4) is 0 Å². The molecule has 2 aliphatic rings. The number of ether oxygens (including phenoxy) is 1. The van der Waals surface area contributed by atoms with E-state index >= 15 is 0 Å². The first-order chi connectivity index (χ1) is 11.4. The molecule has 1 atom stereocenters. The van der Waals surface area contributed by atoms with E-state index in [1.54, 1.807) is 11.4 Å². The Bertz CT molecular complexity index is 857. The van der Waals surface area contributed by atoms with Gasteiger partial charge in [0.1, 0.15) is 5.75 Å². The van der Waals surface area contributed by atoms with Gasteiger partial charge in [-0.25, -0.2) is 8.42 Å². The second kappa shape index (κ2) is 5.51. The van der Waals surface area contributed by atoms with Gasteiger partial charge in [0.05, 0.1) is 13.7 Å². The summed E-state index contributed by atoms with van der Waals surface area (Å²) in [4.78, 5) is 4.27. The highest BCUT2D eigenvalue weighted by Crippen LogP contribution is 2.41. The maximum atomic E-state index is 12.8. The zero-order valence-electron chi connectivity index (χ0n) is 13.0. The number of aromatic nitrogens is 2. The van der Waals surface area contributed by atoms with Gasteiger partial charge in [0.2, 0.25) is 0 Å². The first-order valence-electron chi connectivity index (χ1n) is 7.62. The van der Waals surface area contributed by atoms with Crippen molar-refractivity contribution in [1.29, 1.82) is 0 Å². The van der Waals surface area contributed by atoms with Gasteiger partial charge in [-0.2, -0.15) is 9.29 Å². The number of hydrogen-bond donors (Lipinski definition) is 1. The minimum absolute atomic E-state index is 0.0974. The summed E-state index contributed by atoms with van der Waals surface area (Å²) in [5, 5.41) is 16.4. The third-order valence-electron chi connectivity index (χ3n) is 4.38. The van der Waals surface area contributed by atoms with E-state index in [9.17, 15) is 13.5 Å². The summed E-state index contributed by atoms with van der Waals surface area (Å²) < 4.78 is 37.3. The molecule has 8 nitrogen and oxygen atoms in total. The van der Waals surface area contributed by atoms with Crippen molar-refractivity contribution in [1.82, 2.24) is 14.4 Å². The van der Waals surface area contributed by atoms with Crippen LogP contribution in [0, 0.1) is 0 Å². The molecule has 1 saturated carbocycles. The smallest absolute Gasteiger partial charge is 0.260 e. The molecular weight excluding hydrogens is 354 g/mol. The highest BCUT2D eigenvalue weighted by Gasteiger charge is 2.48. The van der Waals surface area contributed by atoms with Crippen LogP contribution in [0.4, 0.5) is 0 Å². The highest BCUT2D eigenvalue weighted by atomic mass is 32.2. The average Bonchev–Trinajstić information content (AvgIpc) is 2.99. The van der Waals surface area contributed by atoms with E-state index in [2.05, 4.69) is 10.1 Å². The van der Waals surface area contributed by atoms with Gasteiger partial charge >= 0.3 is 0 Å². The van der Waals surface area contributed by atoms with Crippen molar-refractivity contribution in [3.63, 3.8) is 0 Å². The summed E-state index contributed by atoms with van der Waals surface area (Å²) in [6, 6.07) is 1.61. The maximum absolute atomic E-state index is 12.8. The fraction of sp³-hybridized carbons (Fsp3) is 0.571. The first kappa shape index (κ1) is 16.0. The molecule has 1 saturated heterocycles. The Labute approximate surface area is 143 Å². The van der Waals surface area contributed by atoms with Crippen LogP contribution in [0.25, 0.3) is 0 Å². The lowest BCUT2D eigenvalue weighted by atomic mass is 10.0. The van der Waals surface area contributed by atoms with Crippen molar-refractivity contribution in [2.24, 2.45) is 0 Å². The Morgan fingerprint density at radius 1 is 1.50 bits per heavy atom. The molecule has 2 aromatic heterocycles. The normalized spacial score (nSPS) is 25.2. The molecule has 0 radical (unpaired) electrons. The van der Waals surface area contributed by atoms with Crippen molar-refractivity contribution in [3.8, 4) is 5.75 Å². The summed E-state index contributed by atoms with van der Waals surface area (Å²) in [5.74, 6) is 1.31. The monoisotopic (exact) mass is 371 g/mol. The number of rotatable bonds is 5. The quantitative estimate of drug-likeness (QED) is 0.844. The Morgan fingerprint density at radius 2 is 2.29 bits per heavy atom. The first-order valence-corrected chi connectivity index (χ1v) is 9.94. The fourth-order valence-corrected chi connectivity index (χ4v) is 5.72. The topological polar surface area (TPSA) is 106 Å². The molecule has 1 aliphatic carbocycles. The van der Waals surface area contributed by atoms with Gasteiger partial charge in [0.15, 0.2) is 15.6 Å². The third kappa shape index (κ3) is 2.53. The minimum Gasteiger partial charge on any atom is -0.494 e. The van der Waals surface area contributed by atoms with E-state index in [-0.39, 0.29) is 29.6 Å². The van der Waals surface area contributed by atoms with Crippen LogP contribution in [0.2, 0.25) is 0 Å². The number of β-amino-alcohol motifs (C(OH)–C–C–N with tert-alkyl or cyclic N) is 1. The van der Waals surface area contributed by atoms with Gasteiger partial charge in [-0.05, 0) is 24.3 Å². The van der Waals surface area contributed by atoms with Crippen LogP contribution in [0.5, 0.6) is 5.75 Å². The van der Waals surface area contributed by atoms with Crippen molar-refractivity contribution in [2.75, 3.05) is 20.2 Å². The van der Waals surface area contributed by atoms with Gasteiger partial charge in [-0.15, -0.1) is 11.3 Å². The largest absolute Gasteiger partial charge is 0.494 e. The molecule has 0 spiro atoms. The molecule has 10 heteroatoms. The van der Waals surface area contributed by atoms with Gasteiger partial charge in [0, 0.05) is 18.9 Å². The van der Waals surface area contributed by atoms with Crippen LogP contribution in [0.15, 0.2) is 20.2 Å². The van der Waals surface area contributed by atoms with Crippen molar-refractivity contribution in [2.45, 2.75) is 35.0 Å². The van der Waals surface area contributed by atoms with E-state index in [4.69, 9.17) is 9.26 Å². The Balaban J connectivity index is 1.58. The number of aliphatic hydroxyl groups is 1. The van der Waals surface area contributed by atoms with Crippen LogP contribution in [0.1, 0.15) is 36.9 Å². The molecule has 0 bridgehead atoms. The molecule has 1 aliphatic heterocycles. The summed E-state index contributed by atoms with van der Waals surface area (Å²) in [6.07, 6.45) is 2.26. The molecule has 130 valence electrons. The molecule has 1 N–H and O–H groups in total. The molecule has 24 heavy (non-hydrogen) atoms. The predicted molar refractivity (Wildman–Crippen MR) is 84.4 cm³/mol. The summed E-state index contributed by atoms with van der Waals surface area (Å²) >= 11 is 1.09.